The van der Waals surface area contributed by atoms with E-state index in [1.54, 1.807) is 23.7 Å². The van der Waals surface area contributed by atoms with Crippen molar-refractivity contribution in [3.05, 3.63) is 24.3 Å². The van der Waals surface area contributed by atoms with E-state index in [0.29, 0.717) is 5.65 Å². The third-order valence-corrected chi connectivity index (χ3v) is 6.09. The van der Waals surface area contributed by atoms with Crippen LogP contribution in [0.3, 0.4) is 0 Å². The Bertz CT molecular complexity index is 714. The average Bonchev–Trinajstić information content (AvgIpc) is 3.12. The average molecular weight is 314 g/mol. The molecule has 22 heavy (non-hydrogen) atoms. The Kier molecular flexibility index (Phi) is 2.69. The predicted octanol–water partition coefficient (Wildman–Crippen LogP) is 1.80. The second-order valence-corrected chi connectivity index (χ2v) is 7.46. The van der Waals surface area contributed by atoms with Gasteiger partial charge in [-0.1, -0.05) is 11.3 Å². The molecule has 0 saturated carbocycles. The molecule has 3 fully saturated rings. The number of nitrogens with zero attached hydrogens (tertiary/aromatic N) is 4. The van der Waals surface area contributed by atoms with E-state index < -0.39 is 0 Å². The molecule has 0 unspecified atom stereocenters. The fourth-order valence-electron chi connectivity index (χ4n) is 4.13. The zero-order chi connectivity index (χ0) is 14.6. The minimum Gasteiger partial charge on any atom is -0.365 e. The molecule has 2 aromatic heterocycles. The van der Waals surface area contributed by atoms with Gasteiger partial charge in [0.25, 0.3) is 0 Å². The van der Waals surface area contributed by atoms with E-state index in [1.807, 2.05) is 0 Å². The van der Waals surface area contributed by atoms with Crippen molar-refractivity contribution >= 4 is 26.9 Å². The van der Waals surface area contributed by atoms with E-state index in [1.165, 1.54) is 32.5 Å². The predicted molar refractivity (Wildman–Crippen MR) is 86.6 cm³/mol. The van der Waals surface area contributed by atoms with Crippen molar-refractivity contribution in [3.63, 3.8) is 0 Å². The third kappa shape index (κ3) is 1.92. The topological polar surface area (TPSA) is 66.0 Å². The Labute approximate surface area is 132 Å². The summed E-state index contributed by atoms with van der Waals surface area (Å²) in [5, 5.41) is 8.04. The number of piperidine rings is 3. The summed E-state index contributed by atoms with van der Waals surface area (Å²) in [6.45, 7) is 3.71. The smallest absolute Gasteiger partial charge is 0.192 e. The zero-order valence-corrected chi connectivity index (χ0v) is 13.1. The van der Waals surface area contributed by atoms with Gasteiger partial charge in [-0.3, -0.25) is 0 Å². The molecule has 0 aliphatic carbocycles. The normalized spacial score (nSPS) is 33.2. The second-order valence-electron chi connectivity index (χ2n) is 6.48. The van der Waals surface area contributed by atoms with Crippen molar-refractivity contribution in [1.29, 1.82) is 0 Å². The molecule has 0 radical (unpaired) electrons. The number of hydrogen-bond acceptors (Lipinski definition) is 7. The molecule has 1 atom stereocenters. The van der Waals surface area contributed by atoms with Crippen LogP contribution in [0, 0.1) is 5.92 Å². The molecular weight excluding hydrogens is 296 g/mol. The first-order valence-corrected chi connectivity index (χ1v) is 8.68. The van der Waals surface area contributed by atoms with Gasteiger partial charge in [0.05, 0.1) is 5.54 Å². The quantitative estimate of drug-likeness (QED) is 0.881. The molecule has 7 heteroatoms. The Morgan fingerprint density at radius 2 is 2.14 bits per heavy atom. The van der Waals surface area contributed by atoms with Crippen LogP contribution in [0.5, 0.6) is 0 Å². The third-order valence-electron chi connectivity index (χ3n) is 5.22. The molecule has 1 spiro atoms. The first-order valence-electron chi connectivity index (χ1n) is 7.86. The van der Waals surface area contributed by atoms with Gasteiger partial charge in [0.1, 0.15) is 5.82 Å². The van der Waals surface area contributed by atoms with Gasteiger partial charge in [-0.25, -0.2) is 9.97 Å². The summed E-state index contributed by atoms with van der Waals surface area (Å²) in [5.74, 6) is 1.89. The standard InChI is InChI=1S/C15H18N6S/c1-4-15(9-21-7-2-10(15)3-8-21)20-11(1)18-14-19-12-13(22-14)17-6-5-16-12/h1,5-6,10,20H,2-4,7-9H2,(H,16,18,19)/t15-/m0/s1. The summed E-state index contributed by atoms with van der Waals surface area (Å²) in [5.41, 5.74) is 0.956. The molecule has 4 aliphatic rings. The summed E-state index contributed by atoms with van der Waals surface area (Å²) in [7, 11) is 0. The van der Waals surface area contributed by atoms with Crippen LogP contribution in [0.25, 0.3) is 10.5 Å². The number of aromatic nitrogens is 3. The largest absolute Gasteiger partial charge is 0.365 e. The van der Waals surface area contributed by atoms with Crippen LogP contribution in [0.15, 0.2) is 24.3 Å². The van der Waals surface area contributed by atoms with Crippen LogP contribution < -0.4 is 10.6 Å². The molecule has 0 amide bonds. The highest BCUT2D eigenvalue weighted by molar-refractivity contribution is 7.21. The lowest BCUT2D eigenvalue weighted by atomic mass is 9.72. The molecule has 6 nitrogen and oxygen atoms in total. The van der Waals surface area contributed by atoms with Crippen LogP contribution in [0.4, 0.5) is 5.13 Å². The highest BCUT2D eigenvalue weighted by Crippen LogP contribution is 2.41. The molecule has 3 saturated heterocycles. The Balaban J connectivity index is 1.35. The van der Waals surface area contributed by atoms with Crippen molar-refractivity contribution in [3.8, 4) is 0 Å². The number of thiazole rings is 1. The number of fused-ring (bicyclic) bond motifs is 3. The lowest BCUT2D eigenvalue weighted by molar-refractivity contribution is 0.0189. The Hall–Kier alpha value is -1.73. The SMILES string of the molecule is C1=C(Nc2nc3nccnc3s2)N[C@@]2(C1)CN1CCC2CC1. The van der Waals surface area contributed by atoms with Crippen molar-refractivity contribution < 1.29 is 0 Å². The molecule has 2 N–H and O–H groups in total. The van der Waals surface area contributed by atoms with Gasteiger partial charge in [-0.05, 0) is 44.3 Å². The molecule has 0 aromatic carbocycles. The van der Waals surface area contributed by atoms with Gasteiger partial charge in [-0.15, -0.1) is 0 Å². The maximum Gasteiger partial charge on any atom is 0.192 e. The Morgan fingerprint density at radius 1 is 1.27 bits per heavy atom. The van der Waals surface area contributed by atoms with Crippen LogP contribution in [0.2, 0.25) is 0 Å². The summed E-state index contributed by atoms with van der Waals surface area (Å²) in [6, 6.07) is 0. The molecule has 4 aliphatic heterocycles. The molecule has 6 heterocycles. The van der Waals surface area contributed by atoms with E-state index in [4.69, 9.17) is 0 Å². The maximum atomic E-state index is 4.50. The van der Waals surface area contributed by atoms with Crippen molar-refractivity contribution in [2.45, 2.75) is 24.8 Å². The summed E-state index contributed by atoms with van der Waals surface area (Å²) in [4.78, 5) is 16.5. The van der Waals surface area contributed by atoms with Gasteiger partial charge in [0.15, 0.2) is 15.6 Å². The first-order chi connectivity index (χ1) is 10.8. The highest BCUT2D eigenvalue weighted by atomic mass is 32.1. The van der Waals surface area contributed by atoms with Crippen LogP contribution in [-0.4, -0.2) is 45.0 Å². The highest BCUT2D eigenvalue weighted by Gasteiger charge is 2.48. The van der Waals surface area contributed by atoms with Gasteiger partial charge < -0.3 is 15.5 Å². The van der Waals surface area contributed by atoms with E-state index >= 15 is 0 Å². The molecule has 2 aromatic rings. The van der Waals surface area contributed by atoms with Crippen LogP contribution >= 0.6 is 11.3 Å². The fraction of sp³-hybridized carbons (Fsp3) is 0.533. The van der Waals surface area contributed by atoms with E-state index in [0.717, 1.165) is 28.1 Å². The van der Waals surface area contributed by atoms with E-state index in [2.05, 4.69) is 36.6 Å². The molecule has 6 rings (SSSR count). The maximum absolute atomic E-state index is 4.50. The molecular formula is C15H18N6S. The van der Waals surface area contributed by atoms with E-state index in [-0.39, 0.29) is 5.54 Å². The van der Waals surface area contributed by atoms with E-state index in [9.17, 15) is 0 Å². The molecule has 114 valence electrons. The van der Waals surface area contributed by atoms with Gasteiger partial charge >= 0.3 is 0 Å². The van der Waals surface area contributed by atoms with Crippen LogP contribution in [-0.2, 0) is 0 Å². The lowest BCUT2D eigenvalue weighted by Gasteiger charge is -2.52. The summed E-state index contributed by atoms with van der Waals surface area (Å²) >= 11 is 1.55. The fourth-order valence-corrected chi connectivity index (χ4v) is 4.91. The monoisotopic (exact) mass is 314 g/mol. The van der Waals surface area contributed by atoms with Crippen molar-refractivity contribution in [1.82, 2.24) is 25.2 Å². The Morgan fingerprint density at radius 3 is 2.91 bits per heavy atom. The number of anilines is 1. The molecule has 2 bridgehead atoms. The first kappa shape index (κ1) is 12.8. The second kappa shape index (κ2) is 4.63. The summed E-state index contributed by atoms with van der Waals surface area (Å²) in [6.07, 6.45) is 9.43. The van der Waals surface area contributed by atoms with Gasteiger partial charge in [-0.2, -0.15) is 4.98 Å². The van der Waals surface area contributed by atoms with Crippen molar-refractivity contribution in [2.75, 3.05) is 25.0 Å². The number of rotatable bonds is 2. The zero-order valence-electron chi connectivity index (χ0n) is 12.2. The number of nitrogens with one attached hydrogen (secondary N) is 2. The van der Waals surface area contributed by atoms with Crippen molar-refractivity contribution in [2.24, 2.45) is 5.92 Å². The lowest BCUT2D eigenvalue weighted by Crippen LogP contribution is -2.64. The van der Waals surface area contributed by atoms with Gasteiger partial charge in [0.2, 0.25) is 0 Å². The minimum absolute atomic E-state index is 0.242. The van der Waals surface area contributed by atoms with Gasteiger partial charge in [0, 0.05) is 18.9 Å². The minimum atomic E-state index is 0.242. The summed E-state index contributed by atoms with van der Waals surface area (Å²) < 4.78 is 0. The number of hydrogen-bond donors (Lipinski definition) is 2. The van der Waals surface area contributed by atoms with Crippen LogP contribution in [0.1, 0.15) is 19.3 Å².